The van der Waals surface area contributed by atoms with Crippen LogP contribution in [-0.4, -0.2) is 34.6 Å². The van der Waals surface area contributed by atoms with Crippen LogP contribution in [0.3, 0.4) is 0 Å². The number of nitrogens with zero attached hydrogens (tertiary/aromatic N) is 1. The third kappa shape index (κ3) is 4.73. The van der Waals surface area contributed by atoms with Gasteiger partial charge in [-0.2, -0.15) is 0 Å². The van der Waals surface area contributed by atoms with E-state index in [0.717, 1.165) is 38.3 Å². The maximum atomic E-state index is 12.6. The molecule has 6 nitrogen and oxygen atoms in total. The fraction of sp³-hybridized carbons (Fsp3) is 0.294. The Bertz CT molecular complexity index is 854. The normalized spacial score (nSPS) is 15.0. The summed E-state index contributed by atoms with van der Waals surface area (Å²) < 4.78 is 27.7. The van der Waals surface area contributed by atoms with Crippen LogP contribution in [0.25, 0.3) is 0 Å². The average molecular weight is 417 g/mol. The average Bonchev–Trinajstić information content (AvgIpc) is 2.86. The highest BCUT2D eigenvalue weighted by molar-refractivity contribution is 7.92. The summed E-state index contributed by atoms with van der Waals surface area (Å²) in [4.78, 5) is 2.29. The van der Waals surface area contributed by atoms with E-state index in [4.69, 9.17) is 17.3 Å². The predicted molar refractivity (Wildman–Crippen MR) is 110 cm³/mol. The van der Waals surface area contributed by atoms with Crippen molar-refractivity contribution >= 4 is 51.1 Å². The van der Waals surface area contributed by atoms with Gasteiger partial charge in [-0.15, -0.1) is 12.4 Å². The lowest BCUT2D eigenvalue weighted by molar-refractivity contribution is 0.601. The second-order valence-electron chi connectivity index (χ2n) is 5.90. The highest BCUT2D eigenvalue weighted by Gasteiger charge is 2.19. The van der Waals surface area contributed by atoms with E-state index in [1.165, 1.54) is 6.07 Å². The quantitative estimate of drug-likeness (QED) is 0.666. The lowest BCUT2D eigenvalue weighted by Gasteiger charge is -2.24. The molecule has 0 radical (unpaired) electrons. The highest BCUT2D eigenvalue weighted by atomic mass is 35.5. The van der Waals surface area contributed by atoms with Gasteiger partial charge in [0.15, 0.2) is 0 Å². The lowest BCUT2D eigenvalue weighted by atomic mass is 10.2. The Morgan fingerprint density at radius 1 is 1.12 bits per heavy atom. The largest absolute Gasteiger partial charge is 0.397 e. The molecule has 142 valence electrons. The first kappa shape index (κ1) is 20.6. The Balaban J connectivity index is 0.00000243. The number of anilines is 3. The minimum Gasteiger partial charge on any atom is -0.397 e. The van der Waals surface area contributed by atoms with Gasteiger partial charge in [0, 0.05) is 19.6 Å². The Morgan fingerprint density at radius 2 is 1.88 bits per heavy atom. The van der Waals surface area contributed by atoms with Gasteiger partial charge in [0.25, 0.3) is 10.0 Å². The third-order valence-electron chi connectivity index (χ3n) is 4.11. The van der Waals surface area contributed by atoms with Crippen molar-refractivity contribution in [3.8, 4) is 0 Å². The molecule has 0 aliphatic carbocycles. The van der Waals surface area contributed by atoms with E-state index in [9.17, 15) is 8.42 Å². The summed E-state index contributed by atoms with van der Waals surface area (Å²) in [5.74, 6) is 0. The predicted octanol–water partition coefficient (Wildman–Crippen LogP) is 2.94. The van der Waals surface area contributed by atoms with Crippen molar-refractivity contribution in [3.05, 3.63) is 47.5 Å². The maximum Gasteiger partial charge on any atom is 0.262 e. The van der Waals surface area contributed by atoms with Crippen LogP contribution in [0.1, 0.15) is 6.42 Å². The van der Waals surface area contributed by atoms with Crippen molar-refractivity contribution in [3.63, 3.8) is 0 Å². The molecule has 0 spiro atoms. The van der Waals surface area contributed by atoms with Gasteiger partial charge in [0.1, 0.15) is 0 Å². The number of nitrogens with two attached hydrogens (primary N) is 1. The number of hydrogen-bond donors (Lipinski definition) is 3. The first-order chi connectivity index (χ1) is 12.0. The van der Waals surface area contributed by atoms with Crippen LogP contribution in [0.15, 0.2) is 47.4 Å². The number of benzene rings is 2. The minimum atomic E-state index is -3.76. The molecule has 0 unspecified atom stereocenters. The number of halogens is 2. The van der Waals surface area contributed by atoms with Gasteiger partial charge in [-0.25, -0.2) is 8.42 Å². The van der Waals surface area contributed by atoms with Gasteiger partial charge in [-0.05, 0) is 43.3 Å². The fourth-order valence-corrected chi connectivity index (χ4v) is 4.18. The smallest absolute Gasteiger partial charge is 0.262 e. The van der Waals surface area contributed by atoms with Gasteiger partial charge in [0.05, 0.1) is 27.0 Å². The van der Waals surface area contributed by atoms with E-state index in [0.29, 0.717) is 16.4 Å². The van der Waals surface area contributed by atoms with Crippen molar-refractivity contribution in [1.29, 1.82) is 0 Å². The molecule has 1 heterocycles. The first-order valence-corrected chi connectivity index (χ1v) is 9.96. The molecule has 3 rings (SSSR count). The second kappa shape index (κ2) is 8.81. The summed E-state index contributed by atoms with van der Waals surface area (Å²) in [5, 5.41) is 3.67. The molecular formula is C17H22Cl2N4O2S. The van der Waals surface area contributed by atoms with Gasteiger partial charge in [0.2, 0.25) is 0 Å². The summed E-state index contributed by atoms with van der Waals surface area (Å²) in [6.07, 6.45) is 1.02. The molecule has 0 bridgehead atoms. The summed E-state index contributed by atoms with van der Waals surface area (Å²) in [6, 6.07) is 11.5. The Labute approximate surface area is 165 Å². The second-order valence-corrected chi connectivity index (χ2v) is 7.99. The molecule has 2 aromatic rings. The molecule has 2 aromatic carbocycles. The van der Waals surface area contributed by atoms with Crippen LogP contribution in [-0.2, 0) is 10.0 Å². The number of para-hydroxylation sites is 1. The Hall–Kier alpha value is -1.67. The molecule has 1 aliphatic heterocycles. The van der Waals surface area contributed by atoms with E-state index in [2.05, 4.69) is 14.9 Å². The van der Waals surface area contributed by atoms with Crippen LogP contribution in [0.4, 0.5) is 17.1 Å². The summed E-state index contributed by atoms with van der Waals surface area (Å²) >= 11 is 6.03. The zero-order chi connectivity index (χ0) is 17.9. The standard InChI is InChI=1S/C17H21ClN4O2S.ClH/c18-14-4-1-2-5-16(14)21-25(23,24)13-6-7-17(15(19)12-13)22-10-3-8-20-9-11-22;/h1-2,4-7,12,20-21H,3,8-11,19H2;1H. The molecular weight excluding hydrogens is 395 g/mol. The topological polar surface area (TPSA) is 87.5 Å². The number of nitrogens with one attached hydrogen (secondary N) is 2. The summed E-state index contributed by atoms with van der Waals surface area (Å²) in [7, 11) is -3.76. The minimum absolute atomic E-state index is 0. The van der Waals surface area contributed by atoms with E-state index in [1.807, 2.05) is 0 Å². The van der Waals surface area contributed by atoms with Crippen molar-refractivity contribution in [2.24, 2.45) is 0 Å². The SMILES string of the molecule is Cl.Nc1cc(S(=O)(=O)Nc2ccccc2Cl)ccc1N1CCCNCC1. The molecule has 9 heteroatoms. The lowest BCUT2D eigenvalue weighted by Crippen LogP contribution is -2.28. The number of sulfonamides is 1. The van der Waals surface area contributed by atoms with E-state index in [-0.39, 0.29) is 17.3 Å². The van der Waals surface area contributed by atoms with Crippen LogP contribution in [0.5, 0.6) is 0 Å². The van der Waals surface area contributed by atoms with Crippen LogP contribution in [0.2, 0.25) is 5.02 Å². The molecule has 0 saturated carbocycles. The van der Waals surface area contributed by atoms with Crippen molar-refractivity contribution in [2.45, 2.75) is 11.3 Å². The third-order valence-corrected chi connectivity index (χ3v) is 5.80. The van der Waals surface area contributed by atoms with Crippen LogP contribution < -0.4 is 20.7 Å². The highest BCUT2D eigenvalue weighted by Crippen LogP contribution is 2.29. The van der Waals surface area contributed by atoms with Crippen molar-refractivity contribution in [1.82, 2.24) is 5.32 Å². The van der Waals surface area contributed by atoms with Crippen molar-refractivity contribution < 1.29 is 8.42 Å². The molecule has 0 amide bonds. The molecule has 1 saturated heterocycles. The molecule has 1 aliphatic rings. The van der Waals surface area contributed by atoms with Gasteiger partial charge >= 0.3 is 0 Å². The monoisotopic (exact) mass is 416 g/mol. The van der Waals surface area contributed by atoms with Gasteiger partial charge in [-0.1, -0.05) is 23.7 Å². The number of nitrogen functional groups attached to an aromatic ring is 1. The Kier molecular flexibility index (Phi) is 7.00. The molecule has 0 atom stereocenters. The fourth-order valence-electron chi connectivity index (χ4n) is 2.82. The molecule has 0 aromatic heterocycles. The van der Waals surface area contributed by atoms with E-state index >= 15 is 0 Å². The number of rotatable bonds is 4. The summed E-state index contributed by atoms with van der Waals surface area (Å²) in [5.41, 5.74) is 7.79. The molecule has 4 N–H and O–H groups in total. The van der Waals surface area contributed by atoms with E-state index in [1.54, 1.807) is 36.4 Å². The molecule has 1 fully saturated rings. The Morgan fingerprint density at radius 3 is 2.62 bits per heavy atom. The van der Waals surface area contributed by atoms with Crippen LogP contribution in [0, 0.1) is 0 Å². The summed E-state index contributed by atoms with van der Waals surface area (Å²) in [6.45, 7) is 3.59. The van der Waals surface area contributed by atoms with E-state index < -0.39 is 10.0 Å². The first-order valence-electron chi connectivity index (χ1n) is 8.10. The van der Waals surface area contributed by atoms with Gasteiger partial charge in [-0.3, -0.25) is 4.72 Å². The zero-order valence-electron chi connectivity index (χ0n) is 14.1. The van der Waals surface area contributed by atoms with Crippen LogP contribution >= 0.6 is 24.0 Å². The maximum absolute atomic E-state index is 12.6. The van der Waals surface area contributed by atoms with Crippen molar-refractivity contribution in [2.75, 3.05) is 41.5 Å². The number of hydrogen-bond acceptors (Lipinski definition) is 5. The zero-order valence-corrected chi connectivity index (χ0v) is 16.5. The van der Waals surface area contributed by atoms with Gasteiger partial charge < -0.3 is 16.0 Å². The molecule has 26 heavy (non-hydrogen) atoms.